The Balaban J connectivity index is 1.42. The van der Waals surface area contributed by atoms with Crippen molar-refractivity contribution in [2.24, 2.45) is 7.05 Å². The third-order valence-electron chi connectivity index (χ3n) is 7.20. The summed E-state index contributed by atoms with van der Waals surface area (Å²) in [6.07, 6.45) is 3.80. The van der Waals surface area contributed by atoms with E-state index in [1.807, 2.05) is 42.3 Å². The van der Waals surface area contributed by atoms with Crippen LogP contribution in [0.1, 0.15) is 28.7 Å². The first kappa shape index (κ1) is 24.9. The van der Waals surface area contributed by atoms with E-state index < -0.39 is 5.97 Å². The van der Waals surface area contributed by atoms with E-state index in [9.17, 15) is 14.7 Å². The number of methoxy groups -OCH3 is 1. The van der Waals surface area contributed by atoms with Crippen molar-refractivity contribution in [1.82, 2.24) is 9.47 Å². The van der Waals surface area contributed by atoms with Gasteiger partial charge < -0.3 is 19.3 Å². The van der Waals surface area contributed by atoms with E-state index >= 15 is 0 Å². The number of hydrogen-bond donors (Lipinski definition) is 1. The minimum absolute atomic E-state index is 0.0778. The number of hydrogen-bond acceptors (Lipinski definition) is 3. The largest absolute Gasteiger partial charge is 0.496 e. The number of carbonyl (C=O) groups excluding carboxylic acids is 1. The maximum atomic E-state index is 13.4. The van der Waals surface area contributed by atoms with Crippen molar-refractivity contribution in [3.05, 3.63) is 88.1 Å². The Labute approximate surface area is 221 Å². The fourth-order valence-electron chi connectivity index (χ4n) is 5.37. The molecule has 0 bridgehead atoms. The van der Waals surface area contributed by atoms with Crippen molar-refractivity contribution in [3.8, 4) is 16.9 Å². The number of rotatable bonds is 7. The van der Waals surface area contributed by atoms with Crippen molar-refractivity contribution in [1.29, 1.82) is 0 Å². The van der Waals surface area contributed by atoms with Gasteiger partial charge in [-0.15, -0.1) is 0 Å². The van der Waals surface area contributed by atoms with Gasteiger partial charge in [0.25, 0.3) is 0 Å². The summed E-state index contributed by atoms with van der Waals surface area (Å²) in [6, 6.07) is 17.5. The van der Waals surface area contributed by atoms with E-state index in [0.29, 0.717) is 48.7 Å². The molecule has 2 heterocycles. The molecule has 5 rings (SSSR count). The van der Waals surface area contributed by atoms with Gasteiger partial charge in [-0.05, 0) is 64.9 Å². The molecule has 0 saturated heterocycles. The summed E-state index contributed by atoms with van der Waals surface area (Å²) in [4.78, 5) is 26.6. The second-order valence-corrected chi connectivity index (χ2v) is 9.91. The number of ether oxygens (including phenoxy) is 1. The summed E-state index contributed by atoms with van der Waals surface area (Å²) < 4.78 is 7.72. The van der Waals surface area contributed by atoms with Gasteiger partial charge in [0.05, 0.1) is 13.5 Å². The Morgan fingerprint density at radius 1 is 1.05 bits per heavy atom. The summed E-state index contributed by atoms with van der Waals surface area (Å²) in [5.41, 5.74) is 6.76. The van der Waals surface area contributed by atoms with Crippen LogP contribution in [0.2, 0.25) is 5.02 Å². The lowest BCUT2D eigenvalue weighted by atomic mass is 9.89. The van der Waals surface area contributed by atoms with Crippen LogP contribution in [-0.2, 0) is 42.4 Å². The van der Waals surface area contributed by atoms with Gasteiger partial charge in [-0.3, -0.25) is 9.59 Å². The van der Waals surface area contributed by atoms with Crippen LogP contribution in [0.3, 0.4) is 0 Å². The van der Waals surface area contributed by atoms with Crippen LogP contribution in [-0.4, -0.2) is 40.1 Å². The summed E-state index contributed by atoms with van der Waals surface area (Å²) in [5, 5.41) is 11.1. The fourth-order valence-corrected chi connectivity index (χ4v) is 5.64. The van der Waals surface area contributed by atoms with Gasteiger partial charge >= 0.3 is 5.97 Å². The van der Waals surface area contributed by atoms with Gasteiger partial charge in [-0.25, -0.2) is 0 Å². The normalized spacial score (nSPS) is 13.0. The zero-order valence-electron chi connectivity index (χ0n) is 21.0. The molecule has 1 amide bonds. The third-order valence-corrected chi connectivity index (χ3v) is 7.56. The number of amides is 1. The van der Waals surface area contributed by atoms with Gasteiger partial charge in [0.15, 0.2) is 0 Å². The lowest BCUT2D eigenvalue weighted by Gasteiger charge is -2.31. The topological polar surface area (TPSA) is 71.8 Å². The number of nitrogens with zero attached hydrogens (tertiary/aromatic N) is 2. The van der Waals surface area contributed by atoms with Crippen molar-refractivity contribution in [2.75, 3.05) is 13.7 Å². The average Bonchev–Trinajstić information content (AvgIpc) is 3.22. The number of benzene rings is 3. The Bertz CT molecular complexity index is 1510. The zero-order valence-corrected chi connectivity index (χ0v) is 21.7. The fraction of sp³-hybridized carbons (Fsp3) is 0.267. The number of carbonyl (C=O) groups is 2. The number of halogens is 1. The van der Waals surface area contributed by atoms with Gasteiger partial charge in [-0.1, -0.05) is 41.9 Å². The molecule has 4 aromatic rings. The van der Waals surface area contributed by atoms with Gasteiger partial charge in [-0.2, -0.15) is 0 Å². The first-order valence-electron chi connectivity index (χ1n) is 12.4. The zero-order chi connectivity index (χ0) is 26.1. The molecule has 37 heavy (non-hydrogen) atoms. The van der Waals surface area contributed by atoms with E-state index in [0.717, 1.165) is 27.8 Å². The molecule has 190 valence electrons. The molecule has 0 aliphatic carbocycles. The van der Waals surface area contributed by atoms with Crippen molar-refractivity contribution >= 4 is 34.4 Å². The van der Waals surface area contributed by atoms with E-state index in [-0.39, 0.29) is 12.3 Å². The molecule has 3 aromatic carbocycles. The van der Waals surface area contributed by atoms with E-state index in [1.165, 1.54) is 10.9 Å². The Morgan fingerprint density at radius 2 is 1.86 bits per heavy atom. The molecular weight excluding hydrogens is 488 g/mol. The summed E-state index contributed by atoms with van der Waals surface area (Å²) in [5.74, 6) is -0.133. The number of aliphatic carboxylic acids is 1. The van der Waals surface area contributed by atoms with E-state index in [1.54, 1.807) is 19.2 Å². The number of fused-ring (bicyclic) bond motifs is 2. The standard InChI is InChI=1S/C30H29ClN2O4/c1-32-17-20(21-5-3-4-6-27(21)32)8-12-29(34)33-14-13-23-25(18-33)22(9-10-26(23)31)24-15-19(16-30(35)36)7-11-28(24)37-2/h3-7,9-11,15,17H,8,12-14,16,18H2,1-2H3,(H,35,36). The summed E-state index contributed by atoms with van der Waals surface area (Å²) in [7, 11) is 3.63. The summed E-state index contributed by atoms with van der Waals surface area (Å²) in [6.45, 7) is 1.06. The lowest BCUT2D eigenvalue weighted by Crippen LogP contribution is -2.36. The Hall–Kier alpha value is -3.77. The SMILES string of the molecule is COc1ccc(CC(=O)O)cc1-c1ccc(Cl)c2c1CN(C(=O)CCc1cn(C)c3ccccc13)CC2. The van der Waals surface area contributed by atoms with Crippen LogP contribution in [0, 0.1) is 0 Å². The Morgan fingerprint density at radius 3 is 2.65 bits per heavy atom. The first-order valence-corrected chi connectivity index (χ1v) is 12.7. The van der Waals surface area contributed by atoms with E-state index in [2.05, 4.69) is 22.9 Å². The monoisotopic (exact) mass is 516 g/mol. The minimum atomic E-state index is -0.891. The lowest BCUT2D eigenvalue weighted by molar-refractivity contribution is -0.136. The molecule has 0 spiro atoms. The highest BCUT2D eigenvalue weighted by Gasteiger charge is 2.26. The second kappa shape index (κ2) is 10.3. The van der Waals surface area contributed by atoms with E-state index in [4.69, 9.17) is 16.3 Å². The average molecular weight is 517 g/mol. The molecule has 0 fully saturated rings. The molecule has 0 atom stereocenters. The number of carboxylic acids is 1. The second-order valence-electron chi connectivity index (χ2n) is 9.50. The molecule has 1 aliphatic rings. The molecule has 7 heteroatoms. The highest BCUT2D eigenvalue weighted by molar-refractivity contribution is 6.31. The molecule has 6 nitrogen and oxygen atoms in total. The maximum absolute atomic E-state index is 13.4. The van der Waals surface area contributed by atoms with Crippen molar-refractivity contribution in [3.63, 3.8) is 0 Å². The quantitative estimate of drug-likeness (QED) is 0.344. The smallest absolute Gasteiger partial charge is 0.307 e. The van der Waals surface area contributed by atoms with Crippen molar-refractivity contribution in [2.45, 2.75) is 32.2 Å². The van der Waals surface area contributed by atoms with Gasteiger partial charge in [0.2, 0.25) is 5.91 Å². The first-order chi connectivity index (χ1) is 17.9. The molecule has 0 radical (unpaired) electrons. The minimum Gasteiger partial charge on any atom is -0.496 e. The van der Waals surface area contributed by atoms with Crippen LogP contribution < -0.4 is 4.74 Å². The van der Waals surface area contributed by atoms with Crippen LogP contribution in [0.5, 0.6) is 5.75 Å². The van der Waals surface area contributed by atoms with Gasteiger partial charge in [0.1, 0.15) is 5.75 Å². The molecule has 1 N–H and O–H groups in total. The molecular formula is C30H29ClN2O4. The number of aromatic nitrogens is 1. The number of para-hydroxylation sites is 1. The molecule has 1 aromatic heterocycles. The maximum Gasteiger partial charge on any atom is 0.307 e. The van der Waals surface area contributed by atoms with Gasteiger partial charge in [0, 0.05) is 54.2 Å². The predicted octanol–water partition coefficient (Wildman–Crippen LogP) is 5.65. The van der Waals surface area contributed by atoms with Crippen LogP contribution in [0.4, 0.5) is 0 Å². The third kappa shape index (κ3) is 4.94. The van der Waals surface area contributed by atoms with Crippen LogP contribution in [0.15, 0.2) is 60.8 Å². The summed E-state index contributed by atoms with van der Waals surface area (Å²) >= 11 is 6.59. The van der Waals surface area contributed by atoms with Crippen molar-refractivity contribution < 1.29 is 19.4 Å². The molecule has 0 unspecified atom stereocenters. The number of aryl methyl sites for hydroxylation is 2. The highest BCUT2D eigenvalue weighted by atomic mass is 35.5. The molecule has 1 aliphatic heterocycles. The van der Waals surface area contributed by atoms with Crippen LogP contribution in [0.25, 0.3) is 22.0 Å². The highest BCUT2D eigenvalue weighted by Crippen LogP contribution is 2.39. The predicted molar refractivity (Wildman–Crippen MR) is 145 cm³/mol. The van der Waals surface area contributed by atoms with Crippen LogP contribution >= 0.6 is 11.6 Å². The number of carboxylic acid groups (broad SMARTS) is 1. The Kier molecular flexibility index (Phi) is 6.94. The molecule has 0 saturated carbocycles.